The van der Waals surface area contributed by atoms with Crippen molar-refractivity contribution in [1.29, 1.82) is 0 Å². The van der Waals surface area contributed by atoms with Gasteiger partial charge < -0.3 is 10.2 Å². The van der Waals surface area contributed by atoms with Gasteiger partial charge in [-0.1, -0.05) is 31.6 Å². The van der Waals surface area contributed by atoms with Gasteiger partial charge in [0.2, 0.25) is 0 Å². The van der Waals surface area contributed by atoms with Crippen LogP contribution in [0.2, 0.25) is 0 Å². The van der Waals surface area contributed by atoms with Gasteiger partial charge in [0.1, 0.15) is 0 Å². The molecule has 1 rings (SSSR count). The average molecular weight is 210 g/mol. The highest BCUT2D eigenvalue weighted by atomic mass is 16.3. The summed E-state index contributed by atoms with van der Waals surface area (Å²) in [6, 6.07) is 0. The van der Waals surface area contributed by atoms with Crippen molar-refractivity contribution in [3.8, 4) is 0 Å². The lowest BCUT2D eigenvalue weighted by atomic mass is 9.71. The topological polar surface area (TPSA) is 40.5 Å². The largest absolute Gasteiger partial charge is 0.393 e. The molecule has 0 amide bonds. The Hall–Kier alpha value is -0.600. The number of rotatable bonds is 2. The molecule has 2 atom stereocenters. The van der Waals surface area contributed by atoms with Crippen LogP contribution in [0.25, 0.3) is 0 Å². The van der Waals surface area contributed by atoms with Crippen LogP contribution in [-0.4, -0.2) is 22.4 Å². The van der Waals surface area contributed by atoms with Crippen molar-refractivity contribution in [3.63, 3.8) is 0 Å². The Morgan fingerprint density at radius 2 is 2.20 bits per heavy atom. The fourth-order valence-corrected chi connectivity index (χ4v) is 2.09. The van der Waals surface area contributed by atoms with Gasteiger partial charge >= 0.3 is 0 Å². The molecule has 0 aliphatic heterocycles. The average Bonchev–Trinajstić information content (AvgIpc) is 2.11. The lowest BCUT2D eigenvalue weighted by Gasteiger charge is -2.37. The van der Waals surface area contributed by atoms with Gasteiger partial charge in [0.25, 0.3) is 0 Å². The van der Waals surface area contributed by atoms with Crippen LogP contribution in [0.3, 0.4) is 0 Å². The van der Waals surface area contributed by atoms with E-state index in [0.29, 0.717) is 6.42 Å². The van der Waals surface area contributed by atoms with Crippen LogP contribution in [-0.2, 0) is 0 Å². The number of aliphatic hydroxyl groups is 2. The molecule has 0 aromatic rings. The van der Waals surface area contributed by atoms with Crippen LogP contribution in [0.5, 0.6) is 0 Å². The zero-order valence-corrected chi connectivity index (χ0v) is 10.1. The maximum Gasteiger partial charge on any atom is 0.0666 e. The summed E-state index contributed by atoms with van der Waals surface area (Å²) in [5.74, 6) is 0. The molecule has 0 fully saturated rings. The molecule has 2 N–H and O–H groups in total. The van der Waals surface area contributed by atoms with Gasteiger partial charge in [-0.2, -0.15) is 0 Å². The van der Waals surface area contributed by atoms with Gasteiger partial charge in [-0.3, -0.25) is 0 Å². The van der Waals surface area contributed by atoms with Crippen LogP contribution >= 0.6 is 0 Å². The third kappa shape index (κ3) is 2.70. The fourth-order valence-electron chi connectivity index (χ4n) is 2.09. The Morgan fingerprint density at radius 1 is 1.60 bits per heavy atom. The van der Waals surface area contributed by atoms with Crippen molar-refractivity contribution in [1.82, 2.24) is 0 Å². The maximum absolute atomic E-state index is 9.94. The molecule has 86 valence electrons. The first-order chi connectivity index (χ1) is 6.85. The minimum atomic E-state index is -0.319. The highest BCUT2D eigenvalue weighted by Crippen LogP contribution is 2.40. The summed E-state index contributed by atoms with van der Waals surface area (Å²) in [5, 5.41) is 19.2. The Kier molecular flexibility index (Phi) is 3.74. The molecule has 0 saturated carbocycles. The van der Waals surface area contributed by atoms with Crippen LogP contribution in [0.4, 0.5) is 0 Å². The van der Waals surface area contributed by atoms with Crippen molar-refractivity contribution in [3.05, 3.63) is 23.3 Å². The molecule has 2 unspecified atom stereocenters. The van der Waals surface area contributed by atoms with Crippen LogP contribution in [0, 0.1) is 5.41 Å². The summed E-state index contributed by atoms with van der Waals surface area (Å²) in [7, 11) is 0. The predicted molar refractivity (Wildman–Crippen MR) is 62.5 cm³/mol. The molecule has 0 aromatic heterocycles. The van der Waals surface area contributed by atoms with Crippen LogP contribution in [0.1, 0.15) is 40.5 Å². The molecule has 0 radical (unpaired) electrons. The van der Waals surface area contributed by atoms with Gasteiger partial charge in [-0.05, 0) is 32.3 Å². The first-order valence-corrected chi connectivity index (χ1v) is 5.59. The van der Waals surface area contributed by atoms with Crippen molar-refractivity contribution in [2.75, 3.05) is 0 Å². The van der Waals surface area contributed by atoms with Crippen molar-refractivity contribution in [2.24, 2.45) is 5.41 Å². The third-order valence-electron chi connectivity index (χ3n) is 3.26. The second-order valence-electron chi connectivity index (χ2n) is 5.06. The third-order valence-corrected chi connectivity index (χ3v) is 3.26. The summed E-state index contributed by atoms with van der Waals surface area (Å²) in [4.78, 5) is 0. The lowest BCUT2D eigenvalue weighted by Crippen LogP contribution is -2.34. The molecule has 0 bridgehead atoms. The van der Waals surface area contributed by atoms with Gasteiger partial charge in [0.05, 0.1) is 12.2 Å². The first kappa shape index (κ1) is 12.5. The first-order valence-electron chi connectivity index (χ1n) is 5.59. The molecule has 2 heteroatoms. The summed E-state index contributed by atoms with van der Waals surface area (Å²) in [6.45, 7) is 7.97. The smallest absolute Gasteiger partial charge is 0.0666 e. The van der Waals surface area contributed by atoms with E-state index >= 15 is 0 Å². The van der Waals surface area contributed by atoms with Gasteiger partial charge in [0.15, 0.2) is 0 Å². The molecular weight excluding hydrogens is 188 g/mol. The van der Waals surface area contributed by atoms with Crippen LogP contribution < -0.4 is 0 Å². The predicted octanol–water partition coefficient (Wildman–Crippen LogP) is 2.42. The highest BCUT2D eigenvalue weighted by molar-refractivity contribution is 5.38. The van der Waals surface area contributed by atoms with E-state index in [-0.39, 0.29) is 17.6 Å². The van der Waals surface area contributed by atoms with E-state index < -0.39 is 0 Å². The zero-order valence-electron chi connectivity index (χ0n) is 10.1. The summed E-state index contributed by atoms with van der Waals surface area (Å²) in [5.41, 5.74) is 2.20. The van der Waals surface area contributed by atoms with Gasteiger partial charge in [-0.25, -0.2) is 0 Å². The lowest BCUT2D eigenvalue weighted by molar-refractivity contribution is 0.0732. The SMILES string of the molecule is CC1=CCC(O)C(C)(C)C1=CCC(C)O. The molecule has 0 saturated heterocycles. The molecule has 1 aliphatic rings. The van der Waals surface area contributed by atoms with Gasteiger partial charge in [-0.15, -0.1) is 0 Å². The van der Waals surface area contributed by atoms with Crippen LogP contribution in [0.15, 0.2) is 23.3 Å². The van der Waals surface area contributed by atoms with Crippen molar-refractivity contribution >= 4 is 0 Å². The fraction of sp³-hybridized carbons (Fsp3) is 0.692. The molecule has 0 aromatic carbocycles. The van der Waals surface area contributed by atoms with E-state index in [9.17, 15) is 10.2 Å². The summed E-state index contributed by atoms with van der Waals surface area (Å²) >= 11 is 0. The zero-order chi connectivity index (χ0) is 11.6. The number of allylic oxidation sites excluding steroid dienone is 1. The maximum atomic E-state index is 9.94. The molecule has 0 heterocycles. The second-order valence-corrected chi connectivity index (χ2v) is 5.06. The summed E-state index contributed by atoms with van der Waals surface area (Å²) < 4.78 is 0. The minimum Gasteiger partial charge on any atom is -0.393 e. The minimum absolute atomic E-state index is 0.201. The quantitative estimate of drug-likeness (QED) is 0.735. The van der Waals surface area contributed by atoms with Gasteiger partial charge in [0, 0.05) is 5.41 Å². The monoisotopic (exact) mass is 210 g/mol. The number of hydrogen-bond acceptors (Lipinski definition) is 2. The Labute approximate surface area is 92.3 Å². The second kappa shape index (κ2) is 4.50. The van der Waals surface area contributed by atoms with E-state index in [1.165, 1.54) is 11.1 Å². The van der Waals surface area contributed by atoms with E-state index in [1.54, 1.807) is 6.92 Å². The Balaban J connectivity index is 2.96. The van der Waals surface area contributed by atoms with Crippen molar-refractivity contribution < 1.29 is 10.2 Å². The molecule has 1 aliphatic carbocycles. The standard InChI is InChI=1S/C13H22O2/c1-9-5-8-12(15)13(3,4)11(9)7-6-10(2)14/h5,7,10,12,14-15H,6,8H2,1-4H3. The number of hydrogen-bond donors (Lipinski definition) is 2. The molecular formula is C13H22O2. The molecule has 15 heavy (non-hydrogen) atoms. The highest BCUT2D eigenvalue weighted by Gasteiger charge is 2.34. The Bertz CT molecular complexity index is 285. The van der Waals surface area contributed by atoms with E-state index in [4.69, 9.17) is 0 Å². The Morgan fingerprint density at radius 3 is 2.73 bits per heavy atom. The summed E-state index contributed by atoms with van der Waals surface area (Å²) in [6.07, 6.45) is 4.87. The van der Waals surface area contributed by atoms with E-state index in [1.807, 2.05) is 0 Å². The number of aliphatic hydroxyl groups excluding tert-OH is 2. The van der Waals surface area contributed by atoms with E-state index in [2.05, 4.69) is 32.9 Å². The van der Waals surface area contributed by atoms with E-state index in [0.717, 1.165) is 6.42 Å². The van der Waals surface area contributed by atoms with Crippen molar-refractivity contribution in [2.45, 2.75) is 52.7 Å². The normalized spacial score (nSPS) is 30.1. The molecule has 2 nitrogen and oxygen atoms in total. The molecule has 0 spiro atoms.